The molecule has 2 amide bonds. The minimum atomic E-state index is -0.795. The molecule has 0 saturated carbocycles. The van der Waals surface area contributed by atoms with Gasteiger partial charge in [-0.3, -0.25) is 29.6 Å². The van der Waals surface area contributed by atoms with Crippen molar-refractivity contribution in [3.63, 3.8) is 0 Å². The van der Waals surface area contributed by atoms with Gasteiger partial charge in [0.25, 0.3) is 5.91 Å². The summed E-state index contributed by atoms with van der Waals surface area (Å²) < 4.78 is 5.89. The van der Waals surface area contributed by atoms with E-state index in [1.807, 2.05) is 0 Å². The number of ether oxygens (including phenoxy) is 1. The van der Waals surface area contributed by atoms with Crippen LogP contribution in [0.15, 0.2) is 46.9 Å². The standard InChI is InChI=1S/C20H15BrCl2N2O5/c21-13-3-1-11(2-4-13)17(26)10-30-20(29)12-7-18(27)25(9-12)24-19(28)15-6-5-14(22)8-16(15)23/h1-6,8,12H,7,9-10H2,(H,24,28). The number of carbonyl (C=O) groups excluding carboxylic acids is 4. The number of benzene rings is 2. The Morgan fingerprint density at radius 2 is 1.83 bits per heavy atom. The number of hydrogen-bond donors (Lipinski definition) is 1. The number of esters is 1. The van der Waals surface area contributed by atoms with E-state index in [-0.39, 0.29) is 29.3 Å². The molecule has 2 aromatic rings. The molecule has 0 aromatic heterocycles. The maximum absolute atomic E-state index is 12.4. The molecule has 1 heterocycles. The van der Waals surface area contributed by atoms with E-state index >= 15 is 0 Å². The topological polar surface area (TPSA) is 92.8 Å². The minimum Gasteiger partial charge on any atom is -0.457 e. The second-order valence-electron chi connectivity index (χ2n) is 6.51. The second kappa shape index (κ2) is 9.59. The van der Waals surface area contributed by atoms with Crippen LogP contribution in [0.5, 0.6) is 0 Å². The number of carbonyl (C=O) groups is 4. The first-order valence-corrected chi connectivity index (χ1v) is 10.3. The maximum atomic E-state index is 12.4. The lowest BCUT2D eigenvalue weighted by molar-refractivity contribution is -0.147. The highest BCUT2D eigenvalue weighted by atomic mass is 79.9. The van der Waals surface area contributed by atoms with Crippen LogP contribution in [0.4, 0.5) is 0 Å². The van der Waals surface area contributed by atoms with Crippen molar-refractivity contribution >= 4 is 62.7 Å². The van der Waals surface area contributed by atoms with Gasteiger partial charge >= 0.3 is 5.97 Å². The minimum absolute atomic E-state index is 0.0684. The number of Topliss-reactive ketones (excluding diaryl/α,β-unsaturated/α-hetero) is 1. The first-order chi connectivity index (χ1) is 14.2. The normalized spacial score (nSPS) is 15.8. The Hall–Kier alpha value is -2.42. The molecule has 10 heteroatoms. The van der Waals surface area contributed by atoms with E-state index in [4.69, 9.17) is 27.9 Å². The number of halogens is 3. The quantitative estimate of drug-likeness (QED) is 0.470. The molecule has 156 valence electrons. The number of hydrogen-bond acceptors (Lipinski definition) is 5. The van der Waals surface area contributed by atoms with Gasteiger partial charge in [0.15, 0.2) is 12.4 Å². The number of rotatable bonds is 6. The van der Waals surface area contributed by atoms with Crippen molar-refractivity contribution in [1.29, 1.82) is 0 Å². The Morgan fingerprint density at radius 3 is 2.50 bits per heavy atom. The molecular formula is C20H15BrCl2N2O5. The predicted molar refractivity (Wildman–Crippen MR) is 113 cm³/mol. The van der Waals surface area contributed by atoms with Gasteiger partial charge < -0.3 is 4.74 Å². The molecule has 2 aromatic carbocycles. The van der Waals surface area contributed by atoms with Crippen LogP contribution >= 0.6 is 39.1 Å². The maximum Gasteiger partial charge on any atom is 0.311 e. The van der Waals surface area contributed by atoms with Crippen molar-refractivity contribution in [3.8, 4) is 0 Å². The highest BCUT2D eigenvalue weighted by Gasteiger charge is 2.37. The number of nitrogens with zero attached hydrogens (tertiary/aromatic N) is 1. The Balaban J connectivity index is 1.54. The average Bonchev–Trinajstić information content (AvgIpc) is 3.06. The first-order valence-electron chi connectivity index (χ1n) is 8.76. The van der Waals surface area contributed by atoms with Crippen LogP contribution in [-0.4, -0.2) is 41.7 Å². The fraction of sp³-hybridized carbons (Fsp3) is 0.200. The van der Waals surface area contributed by atoms with Gasteiger partial charge in [-0.1, -0.05) is 51.3 Å². The van der Waals surface area contributed by atoms with Gasteiger partial charge in [-0.2, -0.15) is 0 Å². The van der Waals surface area contributed by atoms with Gasteiger partial charge in [0, 0.05) is 21.5 Å². The van der Waals surface area contributed by atoms with Crippen molar-refractivity contribution in [2.24, 2.45) is 5.92 Å². The molecule has 0 bridgehead atoms. The Labute approximate surface area is 190 Å². The van der Waals surface area contributed by atoms with Crippen molar-refractivity contribution in [1.82, 2.24) is 10.4 Å². The van der Waals surface area contributed by atoms with E-state index in [0.29, 0.717) is 10.6 Å². The van der Waals surface area contributed by atoms with Crippen LogP contribution < -0.4 is 5.43 Å². The molecule has 0 radical (unpaired) electrons. The van der Waals surface area contributed by atoms with Gasteiger partial charge in [0.1, 0.15) is 0 Å². The van der Waals surface area contributed by atoms with Gasteiger partial charge in [-0.05, 0) is 30.3 Å². The van der Waals surface area contributed by atoms with Crippen molar-refractivity contribution in [3.05, 3.63) is 68.1 Å². The smallest absolute Gasteiger partial charge is 0.311 e. The Bertz CT molecular complexity index is 1010. The van der Waals surface area contributed by atoms with Gasteiger partial charge in [0.05, 0.1) is 23.0 Å². The molecular weight excluding hydrogens is 499 g/mol. The zero-order valence-corrected chi connectivity index (χ0v) is 18.5. The summed E-state index contributed by atoms with van der Waals surface area (Å²) in [6.07, 6.45) is -0.139. The summed E-state index contributed by atoms with van der Waals surface area (Å²) in [4.78, 5) is 48.9. The predicted octanol–water partition coefficient (Wildman–Crippen LogP) is 3.68. The summed E-state index contributed by atoms with van der Waals surface area (Å²) in [5, 5.41) is 1.54. The highest BCUT2D eigenvalue weighted by molar-refractivity contribution is 9.10. The molecule has 0 aliphatic carbocycles. The molecule has 1 aliphatic rings. The Morgan fingerprint density at radius 1 is 1.13 bits per heavy atom. The lowest BCUT2D eigenvalue weighted by atomic mass is 10.1. The van der Waals surface area contributed by atoms with E-state index in [2.05, 4.69) is 21.4 Å². The molecule has 1 unspecified atom stereocenters. The molecule has 1 saturated heterocycles. The van der Waals surface area contributed by atoms with Crippen LogP contribution in [0.2, 0.25) is 10.0 Å². The fourth-order valence-corrected chi connectivity index (χ4v) is 3.56. The Kier molecular flexibility index (Phi) is 7.12. The van der Waals surface area contributed by atoms with Crippen molar-refractivity contribution in [2.45, 2.75) is 6.42 Å². The molecule has 30 heavy (non-hydrogen) atoms. The summed E-state index contributed by atoms with van der Waals surface area (Å²) in [7, 11) is 0. The molecule has 1 N–H and O–H groups in total. The monoisotopic (exact) mass is 512 g/mol. The number of nitrogens with one attached hydrogen (secondary N) is 1. The summed E-state index contributed by atoms with van der Waals surface area (Å²) >= 11 is 15.1. The van der Waals surface area contributed by atoms with E-state index < -0.39 is 30.3 Å². The van der Waals surface area contributed by atoms with Crippen LogP contribution in [0, 0.1) is 5.92 Å². The van der Waals surface area contributed by atoms with Crippen molar-refractivity contribution in [2.75, 3.05) is 13.2 Å². The SMILES string of the molecule is O=C(COC(=O)C1CC(=O)N(NC(=O)c2ccc(Cl)cc2Cl)C1)c1ccc(Br)cc1. The largest absolute Gasteiger partial charge is 0.457 e. The van der Waals surface area contributed by atoms with E-state index in [1.54, 1.807) is 24.3 Å². The molecule has 7 nitrogen and oxygen atoms in total. The molecule has 1 fully saturated rings. The third kappa shape index (κ3) is 5.38. The highest BCUT2D eigenvalue weighted by Crippen LogP contribution is 2.22. The molecule has 3 rings (SSSR count). The fourth-order valence-electron chi connectivity index (χ4n) is 2.80. The lowest BCUT2D eigenvalue weighted by Gasteiger charge is -2.18. The van der Waals surface area contributed by atoms with Crippen LogP contribution in [0.25, 0.3) is 0 Å². The number of ketones is 1. The van der Waals surface area contributed by atoms with Gasteiger partial charge in [0.2, 0.25) is 5.91 Å². The number of hydrazine groups is 1. The first kappa shape index (κ1) is 22.3. The average molecular weight is 514 g/mol. The zero-order chi connectivity index (χ0) is 21.8. The molecule has 1 aliphatic heterocycles. The lowest BCUT2D eigenvalue weighted by Crippen LogP contribution is -2.43. The second-order valence-corrected chi connectivity index (χ2v) is 8.27. The summed E-state index contributed by atoms with van der Waals surface area (Å²) in [6.45, 7) is -0.501. The third-order valence-electron chi connectivity index (χ3n) is 4.38. The summed E-state index contributed by atoms with van der Waals surface area (Å²) in [5.41, 5.74) is 2.97. The van der Waals surface area contributed by atoms with Crippen LogP contribution in [0.3, 0.4) is 0 Å². The summed E-state index contributed by atoms with van der Waals surface area (Å²) in [5.74, 6) is -2.90. The van der Waals surface area contributed by atoms with Crippen LogP contribution in [0.1, 0.15) is 27.1 Å². The van der Waals surface area contributed by atoms with Crippen molar-refractivity contribution < 1.29 is 23.9 Å². The summed E-state index contributed by atoms with van der Waals surface area (Å²) in [6, 6.07) is 11.0. The zero-order valence-electron chi connectivity index (χ0n) is 15.4. The van der Waals surface area contributed by atoms with E-state index in [9.17, 15) is 19.2 Å². The number of amides is 2. The van der Waals surface area contributed by atoms with Crippen LogP contribution in [-0.2, 0) is 14.3 Å². The van der Waals surface area contributed by atoms with E-state index in [0.717, 1.165) is 9.48 Å². The third-order valence-corrected chi connectivity index (χ3v) is 5.46. The molecule has 0 spiro atoms. The molecule has 1 atom stereocenters. The van der Waals surface area contributed by atoms with E-state index in [1.165, 1.54) is 18.2 Å². The van der Waals surface area contributed by atoms with Gasteiger partial charge in [-0.15, -0.1) is 0 Å². The van der Waals surface area contributed by atoms with Gasteiger partial charge in [-0.25, -0.2) is 0 Å².